The van der Waals surface area contributed by atoms with Crippen molar-refractivity contribution in [2.45, 2.75) is 13.2 Å². The van der Waals surface area contributed by atoms with Gasteiger partial charge in [0.15, 0.2) is 0 Å². The molecule has 0 saturated heterocycles. The van der Waals surface area contributed by atoms with Crippen LogP contribution in [0.15, 0.2) is 42.7 Å². The van der Waals surface area contributed by atoms with Crippen LogP contribution in [0.25, 0.3) is 0 Å². The zero-order chi connectivity index (χ0) is 13.5. The highest BCUT2D eigenvalue weighted by molar-refractivity contribution is 5.32. The third kappa shape index (κ3) is 3.69. The summed E-state index contributed by atoms with van der Waals surface area (Å²) < 4.78 is 11.0. The minimum absolute atomic E-state index is 0.512. The fraction of sp³-hybridized carbons (Fsp3) is 0.267. The fourth-order valence-electron chi connectivity index (χ4n) is 1.80. The summed E-state index contributed by atoms with van der Waals surface area (Å²) in [6.07, 6.45) is 3.55. The van der Waals surface area contributed by atoms with Crippen molar-refractivity contribution in [2.75, 3.05) is 14.2 Å². The lowest BCUT2D eigenvalue weighted by molar-refractivity contribution is 0.301. The van der Waals surface area contributed by atoms with Gasteiger partial charge >= 0.3 is 0 Å². The van der Waals surface area contributed by atoms with Gasteiger partial charge in [-0.1, -0.05) is 12.1 Å². The van der Waals surface area contributed by atoms with Gasteiger partial charge in [-0.25, -0.2) is 0 Å². The van der Waals surface area contributed by atoms with E-state index in [1.165, 1.54) is 0 Å². The number of nitrogens with one attached hydrogen (secondary N) is 1. The van der Waals surface area contributed by atoms with Gasteiger partial charge in [-0.2, -0.15) is 0 Å². The van der Waals surface area contributed by atoms with Gasteiger partial charge < -0.3 is 14.8 Å². The summed E-state index contributed by atoms with van der Waals surface area (Å²) >= 11 is 0. The lowest BCUT2D eigenvalue weighted by atomic mass is 10.2. The van der Waals surface area contributed by atoms with Crippen LogP contribution in [0.2, 0.25) is 0 Å². The number of benzene rings is 1. The molecule has 0 atom stereocenters. The van der Waals surface area contributed by atoms with Crippen LogP contribution in [0.3, 0.4) is 0 Å². The zero-order valence-corrected chi connectivity index (χ0v) is 11.2. The van der Waals surface area contributed by atoms with Crippen LogP contribution in [-0.2, 0) is 13.2 Å². The number of nitrogens with zero attached hydrogens (tertiary/aromatic N) is 1. The predicted octanol–water partition coefficient (Wildman–Crippen LogP) is 2.39. The molecule has 100 valence electrons. The number of hydrogen-bond acceptors (Lipinski definition) is 4. The van der Waals surface area contributed by atoms with Crippen molar-refractivity contribution < 1.29 is 9.47 Å². The number of ether oxygens (including phenoxy) is 2. The second kappa shape index (κ2) is 6.75. The number of rotatable bonds is 6. The van der Waals surface area contributed by atoms with Crippen LogP contribution in [0.1, 0.15) is 11.1 Å². The fourth-order valence-corrected chi connectivity index (χ4v) is 1.80. The summed E-state index contributed by atoms with van der Waals surface area (Å²) in [7, 11) is 3.56. The molecule has 4 heteroatoms. The smallest absolute Gasteiger partial charge is 0.127 e. The van der Waals surface area contributed by atoms with Crippen LogP contribution in [0.5, 0.6) is 11.5 Å². The van der Waals surface area contributed by atoms with Crippen molar-refractivity contribution in [1.29, 1.82) is 0 Å². The highest BCUT2D eigenvalue weighted by atomic mass is 16.5. The summed E-state index contributed by atoms with van der Waals surface area (Å²) in [5, 5.41) is 3.10. The van der Waals surface area contributed by atoms with Gasteiger partial charge in [0.25, 0.3) is 0 Å². The minimum Gasteiger partial charge on any atom is -0.497 e. The Morgan fingerprint density at radius 2 is 2.16 bits per heavy atom. The number of pyridine rings is 1. The van der Waals surface area contributed by atoms with Crippen molar-refractivity contribution in [3.8, 4) is 11.5 Å². The Morgan fingerprint density at radius 1 is 1.26 bits per heavy atom. The monoisotopic (exact) mass is 258 g/mol. The summed E-state index contributed by atoms with van der Waals surface area (Å²) in [5.41, 5.74) is 2.12. The molecule has 0 fully saturated rings. The second-order valence-electron chi connectivity index (χ2n) is 4.15. The molecular formula is C15H18N2O2. The van der Waals surface area contributed by atoms with Crippen molar-refractivity contribution >= 4 is 0 Å². The standard InChI is InChI=1S/C15H18N2O2/c1-16-9-13-10-17-7-6-15(13)19-11-12-4-3-5-14(8-12)18-2/h3-8,10,16H,9,11H2,1-2H3. The molecule has 4 nitrogen and oxygen atoms in total. The van der Waals surface area contributed by atoms with E-state index in [2.05, 4.69) is 10.3 Å². The Balaban J connectivity index is 2.05. The minimum atomic E-state index is 0.512. The summed E-state index contributed by atoms with van der Waals surface area (Å²) in [6.45, 7) is 1.25. The Labute approximate surface area is 113 Å². The lowest BCUT2D eigenvalue weighted by Gasteiger charge is -2.11. The SMILES string of the molecule is CNCc1cnccc1OCc1cccc(OC)c1. The van der Waals surface area contributed by atoms with Gasteiger partial charge in [-0.15, -0.1) is 0 Å². The van der Waals surface area contributed by atoms with Crippen molar-refractivity contribution in [3.05, 3.63) is 53.9 Å². The van der Waals surface area contributed by atoms with E-state index in [0.717, 1.165) is 29.2 Å². The highest BCUT2D eigenvalue weighted by Crippen LogP contribution is 2.19. The second-order valence-corrected chi connectivity index (χ2v) is 4.15. The Bertz CT molecular complexity index is 529. The van der Waals surface area contributed by atoms with E-state index >= 15 is 0 Å². The Hall–Kier alpha value is -2.07. The van der Waals surface area contributed by atoms with Gasteiger partial charge in [-0.3, -0.25) is 4.98 Å². The Kier molecular flexibility index (Phi) is 4.75. The van der Waals surface area contributed by atoms with Gasteiger partial charge in [-0.05, 0) is 30.8 Å². The van der Waals surface area contributed by atoms with Crippen LogP contribution in [-0.4, -0.2) is 19.1 Å². The molecule has 0 bridgehead atoms. The molecule has 2 rings (SSSR count). The van der Waals surface area contributed by atoms with Crippen LogP contribution in [0, 0.1) is 0 Å². The average Bonchev–Trinajstić information content (AvgIpc) is 2.47. The summed E-state index contributed by atoms with van der Waals surface area (Å²) in [6, 6.07) is 9.74. The molecule has 1 heterocycles. The topological polar surface area (TPSA) is 43.4 Å². The molecule has 19 heavy (non-hydrogen) atoms. The van der Waals surface area contributed by atoms with E-state index in [9.17, 15) is 0 Å². The van der Waals surface area contributed by atoms with E-state index < -0.39 is 0 Å². The molecule has 0 spiro atoms. The van der Waals surface area contributed by atoms with Crippen LogP contribution in [0.4, 0.5) is 0 Å². The summed E-state index contributed by atoms with van der Waals surface area (Å²) in [5.74, 6) is 1.69. The molecular weight excluding hydrogens is 240 g/mol. The third-order valence-electron chi connectivity index (χ3n) is 2.75. The first kappa shape index (κ1) is 13.4. The quantitative estimate of drug-likeness (QED) is 0.864. The lowest BCUT2D eigenvalue weighted by Crippen LogP contribution is -2.08. The molecule has 0 saturated carbocycles. The third-order valence-corrected chi connectivity index (χ3v) is 2.75. The van der Waals surface area contributed by atoms with E-state index in [0.29, 0.717) is 6.61 Å². The molecule has 0 amide bonds. The van der Waals surface area contributed by atoms with Crippen molar-refractivity contribution in [1.82, 2.24) is 10.3 Å². The molecule has 1 N–H and O–H groups in total. The van der Waals surface area contributed by atoms with E-state index in [4.69, 9.17) is 9.47 Å². The highest BCUT2D eigenvalue weighted by Gasteiger charge is 2.03. The van der Waals surface area contributed by atoms with Crippen molar-refractivity contribution in [3.63, 3.8) is 0 Å². The van der Waals surface area contributed by atoms with E-state index in [1.807, 2.05) is 43.6 Å². The normalized spacial score (nSPS) is 10.2. The number of methoxy groups -OCH3 is 1. The molecule has 1 aromatic carbocycles. The number of hydrogen-bond donors (Lipinski definition) is 1. The Morgan fingerprint density at radius 3 is 2.95 bits per heavy atom. The van der Waals surface area contributed by atoms with Gasteiger partial charge in [0.05, 0.1) is 7.11 Å². The first-order valence-electron chi connectivity index (χ1n) is 6.16. The molecule has 0 aliphatic carbocycles. The number of aromatic nitrogens is 1. The maximum Gasteiger partial charge on any atom is 0.127 e. The summed E-state index contributed by atoms with van der Waals surface area (Å²) in [4.78, 5) is 4.11. The zero-order valence-electron chi connectivity index (χ0n) is 11.2. The average molecular weight is 258 g/mol. The molecule has 1 aromatic heterocycles. The molecule has 0 aliphatic rings. The van der Waals surface area contributed by atoms with Gasteiger partial charge in [0, 0.05) is 24.5 Å². The first-order valence-corrected chi connectivity index (χ1v) is 6.16. The van der Waals surface area contributed by atoms with Gasteiger partial charge in [0.2, 0.25) is 0 Å². The molecule has 0 aliphatic heterocycles. The maximum absolute atomic E-state index is 5.84. The van der Waals surface area contributed by atoms with Crippen LogP contribution >= 0.6 is 0 Å². The van der Waals surface area contributed by atoms with E-state index in [-0.39, 0.29) is 0 Å². The molecule has 2 aromatic rings. The van der Waals surface area contributed by atoms with Crippen molar-refractivity contribution in [2.24, 2.45) is 0 Å². The molecule has 0 radical (unpaired) electrons. The maximum atomic E-state index is 5.84. The first-order chi connectivity index (χ1) is 9.33. The predicted molar refractivity (Wildman–Crippen MR) is 74.3 cm³/mol. The largest absolute Gasteiger partial charge is 0.497 e. The van der Waals surface area contributed by atoms with E-state index in [1.54, 1.807) is 13.3 Å². The van der Waals surface area contributed by atoms with Gasteiger partial charge in [0.1, 0.15) is 18.1 Å². The van der Waals surface area contributed by atoms with Crippen LogP contribution < -0.4 is 14.8 Å². The molecule has 0 unspecified atom stereocenters.